The lowest BCUT2D eigenvalue weighted by molar-refractivity contribution is -0.162. The van der Waals surface area contributed by atoms with E-state index in [1.807, 2.05) is 38.1 Å². The van der Waals surface area contributed by atoms with Crippen molar-refractivity contribution in [1.82, 2.24) is 0 Å². The van der Waals surface area contributed by atoms with Gasteiger partial charge < -0.3 is 18.9 Å². The molecule has 2 fully saturated rings. The average Bonchev–Trinajstić information content (AvgIpc) is 2.95. The monoisotopic (exact) mass is 344 g/mol. The fourth-order valence-electron chi connectivity index (χ4n) is 3.23. The van der Waals surface area contributed by atoms with Gasteiger partial charge in [-0.25, -0.2) is 0 Å². The van der Waals surface area contributed by atoms with Crippen molar-refractivity contribution in [1.29, 1.82) is 0 Å². The summed E-state index contributed by atoms with van der Waals surface area (Å²) < 4.78 is 23.5. The van der Waals surface area contributed by atoms with Crippen LogP contribution in [0.25, 0.3) is 0 Å². The van der Waals surface area contributed by atoms with E-state index in [-0.39, 0.29) is 18.3 Å². The van der Waals surface area contributed by atoms with Gasteiger partial charge >= 0.3 is 0 Å². The first-order chi connectivity index (χ1) is 12.0. The summed E-state index contributed by atoms with van der Waals surface area (Å²) in [6, 6.07) is 10.2. The SMILES string of the molecule is C=C1C[C@@H](/C=C/COCc2ccccc2)O[C@H]([C@H]2COC(C)(C)O2)C1. The van der Waals surface area contributed by atoms with Crippen molar-refractivity contribution in [3.05, 3.63) is 60.2 Å². The summed E-state index contributed by atoms with van der Waals surface area (Å²) in [5.74, 6) is -0.524. The highest BCUT2D eigenvalue weighted by Crippen LogP contribution is 2.32. The molecule has 0 spiro atoms. The number of hydrogen-bond donors (Lipinski definition) is 0. The minimum absolute atomic E-state index is 0.00270. The van der Waals surface area contributed by atoms with Gasteiger partial charge in [-0.3, -0.25) is 0 Å². The zero-order valence-corrected chi connectivity index (χ0v) is 15.1. The molecule has 136 valence electrons. The Labute approximate surface area is 150 Å². The molecule has 0 saturated carbocycles. The Morgan fingerprint density at radius 3 is 2.72 bits per heavy atom. The molecule has 2 aliphatic rings. The summed E-state index contributed by atoms with van der Waals surface area (Å²) >= 11 is 0. The van der Waals surface area contributed by atoms with Crippen LogP contribution in [0.15, 0.2) is 54.6 Å². The first kappa shape index (κ1) is 18.3. The molecule has 3 atom stereocenters. The molecule has 2 heterocycles. The molecule has 0 N–H and O–H groups in total. The molecule has 0 unspecified atom stereocenters. The van der Waals surface area contributed by atoms with Crippen molar-refractivity contribution < 1.29 is 18.9 Å². The van der Waals surface area contributed by atoms with Crippen molar-refractivity contribution in [2.24, 2.45) is 0 Å². The summed E-state index contributed by atoms with van der Waals surface area (Å²) in [6.07, 6.45) is 5.78. The van der Waals surface area contributed by atoms with Crippen LogP contribution >= 0.6 is 0 Å². The molecule has 25 heavy (non-hydrogen) atoms. The lowest BCUT2D eigenvalue weighted by Crippen LogP contribution is -2.39. The predicted molar refractivity (Wildman–Crippen MR) is 97.2 cm³/mol. The molecule has 2 saturated heterocycles. The highest BCUT2D eigenvalue weighted by atomic mass is 16.7. The largest absolute Gasteiger partial charge is 0.373 e. The molecular formula is C21H28O4. The number of rotatable bonds is 6. The maximum absolute atomic E-state index is 6.19. The molecule has 0 aromatic heterocycles. The van der Waals surface area contributed by atoms with Gasteiger partial charge in [0, 0.05) is 0 Å². The third kappa shape index (κ3) is 5.51. The standard InChI is InChI=1S/C21H28O4/c1-16-12-18(10-7-11-22-14-17-8-5-4-6-9-17)24-19(13-16)20-15-23-21(2,3)25-20/h4-10,18-20H,1,11-15H2,2-3H3/b10-7+/t18-,19+,20-/m1/s1. The van der Waals surface area contributed by atoms with E-state index >= 15 is 0 Å². The van der Waals surface area contributed by atoms with E-state index in [2.05, 4.69) is 24.8 Å². The van der Waals surface area contributed by atoms with Crippen LogP contribution in [0.3, 0.4) is 0 Å². The van der Waals surface area contributed by atoms with Crippen LogP contribution in [0.4, 0.5) is 0 Å². The van der Waals surface area contributed by atoms with Crippen LogP contribution in [-0.2, 0) is 25.6 Å². The quantitative estimate of drug-likeness (QED) is 0.577. The average molecular weight is 344 g/mol. The third-order valence-electron chi connectivity index (χ3n) is 4.45. The fraction of sp³-hybridized carbons (Fsp3) is 0.524. The van der Waals surface area contributed by atoms with E-state index in [0.29, 0.717) is 19.8 Å². The molecular weight excluding hydrogens is 316 g/mol. The zero-order chi connectivity index (χ0) is 17.7. The molecule has 2 aliphatic heterocycles. The van der Waals surface area contributed by atoms with Crippen molar-refractivity contribution >= 4 is 0 Å². The van der Waals surface area contributed by atoms with Crippen molar-refractivity contribution in [3.63, 3.8) is 0 Å². The first-order valence-corrected chi connectivity index (χ1v) is 8.94. The van der Waals surface area contributed by atoms with Crippen LogP contribution < -0.4 is 0 Å². The van der Waals surface area contributed by atoms with Gasteiger partial charge in [0.15, 0.2) is 5.79 Å². The molecule has 4 nitrogen and oxygen atoms in total. The van der Waals surface area contributed by atoms with Gasteiger partial charge in [0.05, 0.1) is 32.0 Å². The van der Waals surface area contributed by atoms with Gasteiger partial charge in [-0.1, -0.05) is 54.6 Å². The Hall–Kier alpha value is -1.46. The van der Waals surface area contributed by atoms with Gasteiger partial charge in [-0.05, 0) is 32.3 Å². The smallest absolute Gasteiger partial charge is 0.163 e. The molecule has 3 rings (SSSR count). The van der Waals surface area contributed by atoms with Crippen LogP contribution in [0.2, 0.25) is 0 Å². The highest BCUT2D eigenvalue weighted by Gasteiger charge is 2.40. The minimum atomic E-state index is -0.524. The maximum atomic E-state index is 6.19. The Balaban J connectivity index is 1.44. The Kier molecular flexibility index (Phi) is 6.07. The summed E-state index contributed by atoms with van der Waals surface area (Å²) in [5, 5.41) is 0. The third-order valence-corrected chi connectivity index (χ3v) is 4.45. The van der Waals surface area contributed by atoms with Gasteiger partial charge in [0.25, 0.3) is 0 Å². The highest BCUT2D eigenvalue weighted by molar-refractivity contribution is 5.13. The normalized spacial score (nSPS) is 29.4. The number of ether oxygens (including phenoxy) is 4. The summed E-state index contributed by atoms with van der Waals surface area (Å²) in [6.45, 7) is 9.80. The summed E-state index contributed by atoms with van der Waals surface area (Å²) in [4.78, 5) is 0. The molecule has 0 amide bonds. The first-order valence-electron chi connectivity index (χ1n) is 8.94. The molecule has 1 aromatic carbocycles. The van der Waals surface area contributed by atoms with Gasteiger partial charge in [0.1, 0.15) is 6.10 Å². The summed E-state index contributed by atoms with van der Waals surface area (Å²) in [7, 11) is 0. The predicted octanol–water partition coefficient (Wildman–Crippen LogP) is 4.01. The zero-order valence-electron chi connectivity index (χ0n) is 15.1. The van der Waals surface area contributed by atoms with E-state index in [1.165, 1.54) is 11.1 Å². The topological polar surface area (TPSA) is 36.9 Å². The minimum Gasteiger partial charge on any atom is -0.373 e. The number of benzene rings is 1. The van der Waals surface area contributed by atoms with Gasteiger partial charge in [-0.15, -0.1) is 0 Å². The van der Waals surface area contributed by atoms with Crippen molar-refractivity contribution in [3.8, 4) is 0 Å². The van der Waals surface area contributed by atoms with Crippen LogP contribution in [0.1, 0.15) is 32.3 Å². The van der Waals surface area contributed by atoms with Crippen LogP contribution in [-0.4, -0.2) is 37.3 Å². The Morgan fingerprint density at radius 2 is 2.00 bits per heavy atom. The van der Waals surface area contributed by atoms with E-state index < -0.39 is 5.79 Å². The second-order valence-electron chi connectivity index (χ2n) is 7.17. The fourth-order valence-corrected chi connectivity index (χ4v) is 3.23. The van der Waals surface area contributed by atoms with E-state index in [9.17, 15) is 0 Å². The van der Waals surface area contributed by atoms with Crippen LogP contribution in [0.5, 0.6) is 0 Å². The summed E-state index contributed by atoms with van der Waals surface area (Å²) in [5.41, 5.74) is 2.38. The second-order valence-corrected chi connectivity index (χ2v) is 7.17. The molecule has 0 aliphatic carbocycles. The van der Waals surface area contributed by atoms with E-state index in [0.717, 1.165) is 12.8 Å². The molecule has 0 bridgehead atoms. The van der Waals surface area contributed by atoms with Gasteiger partial charge in [0.2, 0.25) is 0 Å². The molecule has 0 radical (unpaired) electrons. The second kappa shape index (κ2) is 8.28. The van der Waals surface area contributed by atoms with E-state index in [4.69, 9.17) is 18.9 Å². The van der Waals surface area contributed by atoms with Gasteiger partial charge in [-0.2, -0.15) is 0 Å². The Bertz CT molecular complexity index is 593. The Morgan fingerprint density at radius 1 is 1.20 bits per heavy atom. The van der Waals surface area contributed by atoms with Crippen molar-refractivity contribution in [2.45, 2.75) is 57.4 Å². The van der Waals surface area contributed by atoms with E-state index in [1.54, 1.807) is 0 Å². The van der Waals surface area contributed by atoms with Crippen molar-refractivity contribution in [2.75, 3.05) is 13.2 Å². The maximum Gasteiger partial charge on any atom is 0.163 e. The lowest BCUT2D eigenvalue weighted by Gasteiger charge is -2.33. The number of hydrogen-bond acceptors (Lipinski definition) is 4. The molecule has 1 aromatic rings. The lowest BCUT2D eigenvalue weighted by atomic mass is 9.96. The molecule has 4 heteroatoms. The van der Waals surface area contributed by atoms with Crippen LogP contribution in [0, 0.1) is 0 Å².